The summed E-state index contributed by atoms with van der Waals surface area (Å²) in [5, 5.41) is 4.13. The number of amides is 1. The SMILES string of the molecule is C[C@@H]1CCc2[nH]c3ccc(C(=O)OCC(=O)N[C@@H]4CCCC[C@H]4C)cc3c2C1. The average molecular weight is 383 g/mol. The lowest BCUT2D eigenvalue weighted by Crippen LogP contribution is -2.42. The first-order chi connectivity index (χ1) is 13.5. The third kappa shape index (κ3) is 3.94. The number of fused-ring (bicyclic) bond motifs is 3. The van der Waals surface area contributed by atoms with E-state index in [1.807, 2.05) is 12.1 Å². The summed E-state index contributed by atoms with van der Waals surface area (Å²) >= 11 is 0. The van der Waals surface area contributed by atoms with Crippen LogP contribution in [0, 0.1) is 11.8 Å². The smallest absolute Gasteiger partial charge is 0.338 e. The number of H-pyrrole nitrogens is 1. The van der Waals surface area contributed by atoms with Gasteiger partial charge in [0.1, 0.15) is 0 Å². The van der Waals surface area contributed by atoms with E-state index in [0.29, 0.717) is 17.4 Å². The fourth-order valence-corrected chi connectivity index (χ4v) is 4.71. The maximum Gasteiger partial charge on any atom is 0.338 e. The molecule has 4 rings (SSSR count). The molecule has 0 aliphatic heterocycles. The van der Waals surface area contributed by atoms with Gasteiger partial charge in [-0.3, -0.25) is 4.79 Å². The third-order valence-corrected chi connectivity index (χ3v) is 6.46. The standard InChI is InChI=1S/C23H30N2O3/c1-14-7-9-20-17(11-14)18-12-16(8-10-21(18)24-20)23(27)28-13-22(26)25-19-6-4-3-5-15(19)2/h8,10,12,14-15,19,24H,3-7,9,11,13H2,1-2H3,(H,25,26)/t14-,15-,19-/m1/s1. The van der Waals surface area contributed by atoms with Crippen molar-refractivity contribution in [1.29, 1.82) is 0 Å². The normalized spacial score (nSPS) is 24.6. The van der Waals surface area contributed by atoms with Crippen LogP contribution in [0.1, 0.15) is 67.6 Å². The highest BCUT2D eigenvalue weighted by molar-refractivity contribution is 5.97. The second-order valence-electron chi connectivity index (χ2n) is 8.70. The van der Waals surface area contributed by atoms with Crippen molar-refractivity contribution in [2.45, 2.75) is 64.8 Å². The van der Waals surface area contributed by atoms with Gasteiger partial charge in [-0.2, -0.15) is 0 Å². The summed E-state index contributed by atoms with van der Waals surface area (Å²) in [6.45, 7) is 4.22. The second kappa shape index (κ2) is 7.98. The Morgan fingerprint density at radius 1 is 1.18 bits per heavy atom. The maximum atomic E-state index is 12.5. The molecule has 1 amide bonds. The largest absolute Gasteiger partial charge is 0.452 e. The van der Waals surface area contributed by atoms with Crippen molar-refractivity contribution in [2.24, 2.45) is 11.8 Å². The van der Waals surface area contributed by atoms with Crippen LogP contribution in [0.5, 0.6) is 0 Å². The van der Waals surface area contributed by atoms with E-state index in [0.717, 1.165) is 43.0 Å². The van der Waals surface area contributed by atoms with Gasteiger partial charge in [0.15, 0.2) is 6.61 Å². The molecule has 1 aromatic carbocycles. The van der Waals surface area contributed by atoms with E-state index in [1.54, 1.807) is 6.07 Å². The first-order valence-electron chi connectivity index (χ1n) is 10.6. The number of hydrogen-bond acceptors (Lipinski definition) is 3. The summed E-state index contributed by atoms with van der Waals surface area (Å²) < 4.78 is 5.30. The number of aromatic nitrogens is 1. The zero-order valence-electron chi connectivity index (χ0n) is 16.8. The van der Waals surface area contributed by atoms with Crippen molar-refractivity contribution in [3.63, 3.8) is 0 Å². The summed E-state index contributed by atoms with van der Waals surface area (Å²) in [6, 6.07) is 5.83. The molecule has 28 heavy (non-hydrogen) atoms. The van der Waals surface area contributed by atoms with Crippen LogP contribution in [0.15, 0.2) is 18.2 Å². The molecule has 1 fully saturated rings. The molecule has 1 heterocycles. The van der Waals surface area contributed by atoms with Crippen LogP contribution in [-0.2, 0) is 22.4 Å². The minimum atomic E-state index is -0.437. The lowest BCUT2D eigenvalue weighted by Gasteiger charge is -2.29. The van der Waals surface area contributed by atoms with Crippen molar-refractivity contribution in [3.05, 3.63) is 35.0 Å². The molecule has 2 N–H and O–H groups in total. The lowest BCUT2D eigenvalue weighted by atomic mass is 9.86. The highest BCUT2D eigenvalue weighted by atomic mass is 16.5. The minimum Gasteiger partial charge on any atom is -0.452 e. The number of esters is 1. The van der Waals surface area contributed by atoms with Crippen LogP contribution in [0.3, 0.4) is 0 Å². The van der Waals surface area contributed by atoms with Gasteiger partial charge in [0, 0.05) is 22.6 Å². The fraction of sp³-hybridized carbons (Fsp3) is 0.565. The van der Waals surface area contributed by atoms with Crippen LogP contribution < -0.4 is 5.32 Å². The van der Waals surface area contributed by atoms with Crippen LogP contribution in [0.25, 0.3) is 10.9 Å². The molecule has 150 valence electrons. The number of hydrogen-bond donors (Lipinski definition) is 2. The number of rotatable bonds is 4. The Kier molecular flexibility index (Phi) is 5.42. The Labute approximate surface area is 166 Å². The molecule has 0 bridgehead atoms. The molecule has 0 unspecified atom stereocenters. The van der Waals surface area contributed by atoms with E-state index in [-0.39, 0.29) is 18.6 Å². The predicted molar refractivity (Wildman–Crippen MR) is 109 cm³/mol. The van der Waals surface area contributed by atoms with Gasteiger partial charge in [-0.25, -0.2) is 4.79 Å². The van der Waals surface area contributed by atoms with Gasteiger partial charge < -0.3 is 15.0 Å². The van der Waals surface area contributed by atoms with E-state index in [9.17, 15) is 9.59 Å². The molecule has 5 nitrogen and oxygen atoms in total. The predicted octanol–water partition coefficient (Wildman–Crippen LogP) is 4.14. The van der Waals surface area contributed by atoms with Crippen molar-refractivity contribution in [1.82, 2.24) is 10.3 Å². The molecule has 3 atom stereocenters. The van der Waals surface area contributed by atoms with Gasteiger partial charge in [-0.15, -0.1) is 0 Å². The number of carbonyl (C=O) groups excluding carboxylic acids is 2. The lowest BCUT2D eigenvalue weighted by molar-refractivity contribution is -0.125. The van der Waals surface area contributed by atoms with Crippen LogP contribution >= 0.6 is 0 Å². The number of carbonyl (C=O) groups is 2. The first kappa shape index (κ1) is 19.0. The summed E-state index contributed by atoms with van der Waals surface area (Å²) in [5.74, 6) is 0.500. The minimum absolute atomic E-state index is 0.199. The zero-order valence-corrected chi connectivity index (χ0v) is 16.8. The van der Waals surface area contributed by atoms with Gasteiger partial charge >= 0.3 is 5.97 Å². The van der Waals surface area contributed by atoms with Crippen molar-refractivity contribution in [3.8, 4) is 0 Å². The van der Waals surface area contributed by atoms with Crippen molar-refractivity contribution < 1.29 is 14.3 Å². The Balaban J connectivity index is 1.40. The van der Waals surface area contributed by atoms with E-state index >= 15 is 0 Å². The van der Waals surface area contributed by atoms with Crippen LogP contribution in [0.4, 0.5) is 0 Å². The van der Waals surface area contributed by atoms with Gasteiger partial charge in [-0.1, -0.05) is 26.7 Å². The van der Waals surface area contributed by atoms with E-state index in [2.05, 4.69) is 24.1 Å². The molecule has 0 saturated heterocycles. The van der Waals surface area contributed by atoms with Gasteiger partial charge in [0.25, 0.3) is 5.91 Å². The van der Waals surface area contributed by atoms with Crippen LogP contribution in [-0.4, -0.2) is 29.5 Å². The van der Waals surface area contributed by atoms with E-state index in [1.165, 1.54) is 24.1 Å². The number of nitrogens with one attached hydrogen (secondary N) is 2. The number of benzene rings is 1. The maximum absolute atomic E-state index is 12.5. The molecule has 2 aliphatic carbocycles. The van der Waals surface area contributed by atoms with Crippen molar-refractivity contribution >= 4 is 22.8 Å². The highest BCUT2D eigenvalue weighted by Crippen LogP contribution is 2.32. The quantitative estimate of drug-likeness (QED) is 0.781. The number of aryl methyl sites for hydroxylation is 1. The molecule has 1 aromatic heterocycles. The fourth-order valence-electron chi connectivity index (χ4n) is 4.71. The number of aromatic amines is 1. The van der Waals surface area contributed by atoms with E-state index < -0.39 is 5.97 Å². The molecular weight excluding hydrogens is 352 g/mol. The molecule has 5 heteroatoms. The molecule has 0 radical (unpaired) electrons. The molecule has 1 saturated carbocycles. The molecular formula is C23H30N2O3. The van der Waals surface area contributed by atoms with Gasteiger partial charge in [0.05, 0.1) is 5.56 Å². The second-order valence-corrected chi connectivity index (χ2v) is 8.70. The van der Waals surface area contributed by atoms with Gasteiger partial charge in [-0.05, 0) is 67.7 Å². The Morgan fingerprint density at radius 2 is 2.00 bits per heavy atom. The summed E-state index contributed by atoms with van der Waals surface area (Å²) in [7, 11) is 0. The molecule has 2 aromatic rings. The summed E-state index contributed by atoms with van der Waals surface area (Å²) in [6.07, 6.45) is 7.82. The third-order valence-electron chi connectivity index (χ3n) is 6.46. The summed E-state index contributed by atoms with van der Waals surface area (Å²) in [4.78, 5) is 28.2. The first-order valence-corrected chi connectivity index (χ1v) is 10.6. The Bertz CT molecular complexity index is 885. The molecule has 2 aliphatic rings. The number of ether oxygens (including phenoxy) is 1. The molecule has 0 spiro atoms. The topological polar surface area (TPSA) is 71.2 Å². The van der Waals surface area contributed by atoms with Crippen LogP contribution in [0.2, 0.25) is 0 Å². The summed E-state index contributed by atoms with van der Waals surface area (Å²) in [5.41, 5.74) is 4.19. The van der Waals surface area contributed by atoms with E-state index in [4.69, 9.17) is 4.74 Å². The highest BCUT2D eigenvalue weighted by Gasteiger charge is 2.24. The Hall–Kier alpha value is -2.30. The Morgan fingerprint density at radius 3 is 2.82 bits per heavy atom. The monoisotopic (exact) mass is 382 g/mol. The average Bonchev–Trinajstić information content (AvgIpc) is 3.05. The van der Waals surface area contributed by atoms with Gasteiger partial charge in [0.2, 0.25) is 0 Å². The van der Waals surface area contributed by atoms with Crippen molar-refractivity contribution in [2.75, 3.05) is 6.61 Å². The zero-order chi connectivity index (χ0) is 19.7.